The molecule has 0 saturated carbocycles. The van der Waals surface area contributed by atoms with Crippen molar-refractivity contribution in [1.82, 2.24) is 0 Å². The molecule has 0 aliphatic heterocycles. The largest absolute Gasteiger partial charge is 0.261 e. The summed E-state index contributed by atoms with van der Waals surface area (Å²) < 4.78 is 2.56. The third-order valence-corrected chi connectivity index (χ3v) is 7.65. The minimum Gasteiger partial charge on any atom is -0.261 e. The molecule has 3 nitrogen and oxygen atoms in total. The van der Waals surface area contributed by atoms with Crippen LogP contribution in [0.2, 0.25) is 0 Å². The van der Waals surface area contributed by atoms with E-state index in [1.54, 1.807) is 0 Å². The van der Waals surface area contributed by atoms with Crippen molar-refractivity contribution in [2.75, 3.05) is 0 Å². The van der Waals surface area contributed by atoms with Gasteiger partial charge >= 0.3 is 0 Å². The highest BCUT2D eigenvalue weighted by Gasteiger charge is 2.11. The molecule has 0 bridgehead atoms. The fraction of sp³-hybridized carbons (Fsp3) is 0.0294. The molecular formula is C34H25N3S. The summed E-state index contributed by atoms with van der Waals surface area (Å²) in [6, 6.07) is 43.7. The van der Waals surface area contributed by atoms with Crippen LogP contribution >= 0.6 is 11.3 Å². The number of rotatable bonds is 5. The van der Waals surface area contributed by atoms with Crippen molar-refractivity contribution in [1.29, 1.82) is 0 Å². The Morgan fingerprint density at radius 1 is 0.605 bits per heavy atom. The van der Waals surface area contributed by atoms with Gasteiger partial charge in [-0.05, 0) is 41.6 Å². The topological polar surface area (TPSA) is 37.1 Å². The van der Waals surface area contributed by atoms with Crippen LogP contribution in [-0.4, -0.2) is 18.4 Å². The summed E-state index contributed by atoms with van der Waals surface area (Å²) >= 11 is 1.82. The second kappa shape index (κ2) is 10.8. The number of fused-ring (bicyclic) bond motifs is 3. The van der Waals surface area contributed by atoms with Crippen molar-refractivity contribution >= 4 is 49.9 Å². The summed E-state index contributed by atoms with van der Waals surface area (Å²) in [4.78, 5) is 14.3. The van der Waals surface area contributed by atoms with Gasteiger partial charge in [0.2, 0.25) is 0 Å². The molecule has 6 aromatic rings. The van der Waals surface area contributed by atoms with Crippen LogP contribution in [0.25, 0.3) is 31.3 Å². The van der Waals surface area contributed by atoms with Gasteiger partial charge in [0.25, 0.3) is 0 Å². The molecule has 0 fully saturated rings. The van der Waals surface area contributed by atoms with E-state index in [-0.39, 0.29) is 0 Å². The SMILES string of the molecule is C=NC(=NC(=NCc1cccc2sc3ccccc3c12)c1cccc(-c2ccccc2)c1)c1ccccc1. The molecule has 0 atom stereocenters. The molecule has 0 N–H and O–H groups in total. The highest BCUT2D eigenvalue weighted by atomic mass is 32.1. The molecular weight excluding hydrogens is 482 g/mol. The van der Waals surface area contributed by atoms with Gasteiger partial charge in [-0.1, -0.05) is 109 Å². The summed E-state index contributed by atoms with van der Waals surface area (Å²) in [6.45, 7) is 4.31. The molecule has 0 radical (unpaired) electrons. The van der Waals surface area contributed by atoms with Crippen LogP contribution in [0.4, 0.5) is 0 Å². The van der Waals surface area contributed by atoms with Crippen LogP contribution < -0.4 is 0 Å². The van der Waals surface area contributed by atoms with Crippen molar-refractivity contribution < 1.29 is 0 Å². The third-order valence-electron chi connectivity index (χ3n) is 6.51. The maximum Gasteiger partial charge on any atom is 0.161 e. The van der Waals surface area contributed by atoms with Gasteiger partial charge in [-0.2, -0.15) is 0 Å². The Labute approximate surface area is 226 Å². The first-order valence-electron chi connectivity index (χ1n) is 12.5. The number of thiophene rings is 1. The fourth-order valence-corrected chi connectivity index (χ4v) is 5.83. The molecule has 0 aliphatic rings. The summed E-state index contributed by atoms with van der Waals surface area (Å²) in [5, 5.41) is 2.54. The Hall–Kier alpha value is -4.67. The lowest BCUT2D eigenvalue weighted by Crippen LogP contribution is -2.05. The molecule has 5 aromatic carbocycles. The lowest BCUT2D eigenvalue weighted by Gasteiger charge is -2.09. The Morgan fingerprint density at radius 3 is 2.08 bits per heavy atom. The van der Waals surface area contributed by atoms with Crippen LogP contribution in [-0.2, 0) is 6.54 Å². The summed E-state index contributed by atoms with van der Waals surface area (Å²) in [5.74, 6) is 1.18. The minimum absolute atomic E-state index is 0.506. The third kappa shape index (κ3) is 4.82. The van der Waals surface area contributed by atoms with E-state index in [0.29, 0.717) is 18.2 Å². The fourth-order valence-electron chi connectivity index (χ4n) is 4.68. The highest BCUT2D eigenvalue weighted by Crippen LogP contribution is 2.36. The van der Waals surface area contributed by atoms with Crippen LogP contribution in [0.3, 0.4) is 0 Å². The summed E-state index contributed by atoms with van der Waals surface area (Å²) in [7, 11) is 0. The van der Waals surface area contributed by atoms with Gasteiger partial charge in [0, 0.05) is 31.3 Å². The van der Waals surface area contributed by atoms with E-state index < -0.39 is 0 Å². The first-order chi connectivity index (χ1) is 18.8. The molecule has 4 heteroatoms. The Morgan fingerprint density at radius 2 is 1.26 bits per heavy atom. The maximum absolute atomic E-state index is 5.09. The molecule has 0 unspecified atom stereocenters. The van der Waals surface area contributed by atoms with Crippen LogP contribution in [0.15, 0.2) is 142 Å². The van der Waals surface area contributed by atoms with E-state index in [4.69, 9.17) is 9.98 Å². The minimum atomic E-state index is 0.506. The highest BCUT2D eigenvalue weighted by molar-refractivity contribution is 7.25. The van der Waals surface area contributed by atoms with Crippen LogP contribution in [0, 0.1) is 0 Å². The molecule has 182 valence electrons. The number of aliphatic imine (C=N–C) groups is 3. The average Bonchev–Trinajstić information content (AvgIpc) is 3.38. The average molecular weight is 508 g/mol. The Balaban J connectivity index is 1.48. The molecule has 38 heavy (non-hydrogen) atoms. The zero-order valence-corrected chi connectivity index (χ0v) is 21.6. The molecule has 0 spiro atoms. The first-order valence-corrected chi connectivity index (χ1v) is 13.3. The number of nitrogens with zero attached hydrogens (tertiary/aromatic N) is 3. The van der Waals surface area contributed by atoms with Crippen LogP contribution in [0.1, 0.15) is 16.7 Å². The maximum atomic E-state index is 5.09. The van der Waals surface area contributed by atoms with Gasteiger partial charge in [0.1, 0.15) is 0 Å². The van der Waals surface area contributed by atoms with Gasteiger partial charge < -0.3 is 0 Å². The predicted molar refractivity (Wildman–Crippen MR) is 164 cm³/mol. The van der Waals surface area contributed by atoms with E-state index >= 15 is 0 Å². The van der Waals surface area contributed by atoms with Gasteiger partial charge in [-0.15, -0.1) is 11.3 Å². The zero-order valence-electron chi connectivity index (χ0n) is 20.8. The monoisotopic (exact) mass is 507 g/mol. The first kappa shape index (κ1) is 23.7. The molecule has 0 saturated heterocycles. The number of benzene rings is 5. The number of hydrogen-bond donors (Lipinski definition) is 0. The molecule has 0 aliphatic carbocycles. The normalized spacial score (nSPS) is 12.2. The molecule has 6 rings (SSSR count). The van der Waals surface area contributed by atoms with Crippen molar-refractivity contribution in [3.8, 4) is 11.1 Å². The second-order valence-corrected chi connectivity index (χ2v) is 10.0. The van der Waals surface area contributed by atoms with E-state index in [2.05, 4.69) is 103 Å². The Kier molecular flexibility index (Phi) is 6.71. The summed E-state index contributed by atoms with van der Waals surface area (Å²) in [6.07, 6.45) is 0. The lowest BCUT2D eigenvalue weighted by molar-refractivity contribution is 1.08. The van der Waals surface area contributed by atoms with Crippen molar-refractivity contribution in [3.63, 3.8) is 0 Å². The number of hydrogen-bond acceptors (Lipinski definition) is 2. The van der Waals surface area contributed by atoms with Gasteiger partial charge in [-0.3, -0.25) is 4.99 Å². The number of amidine groups is 2. The quantitative estimate of drug-likeness (QED) is 0.165. The van der Waals surface area contributed by atoms with Gasteiger partial charge in [-0.25, -0.2) is 9.98 Å². The second-order valence-electron chi connectivity index (χ2n) is 8.93. The molecule has 1 aromatic heterocycles. The standard InChI is InChI=1S/C34H25N3S/c1-35-33(25-14-6-3-7-15-25)37-34(27-17-10-16-26(22-27)24-12-4-2-5-13-24)36-23-28-18-11-21-31-32(28)29-19-8-9-20-30(29)38-31/h2-22H,1,23H2. The van der Waals surface area contributed by atoms with Crippen molar-refractivity contribution in [2.24, 2.45) is 15.0 Å². The van der Waals surface area contributed by atoms with Gasteiger partial charge in [0.15, 0.2) is 11.7 Å². The van der Waals surface area contributed by atoms with E-state index in [1.165, 1.54) is 25.7 Å². The lowest BCUT2D eigenvalue weighted by atomic mass is 10.0. The van der Waals surface area contributed by atoms with Crippen molar-refractivity contribution in [2.45, 2.75) is 6.54 Å². The van der Waals surface area contributed by atoms with Crippen molar-refractivity contribution in [3.05, 3.63) is 144 Å². The predicted octanol–water partition coefficient (Wildman–Crippen LogP) is 8.82. The molecule has 1 heterocycles. The smallest absolute Gasteiger partial charge is 0.161 e. The Bertz CT molecular complexity index is 1800. The zero-order chi connectivity index (χ0) is 25.7. The van der Waals surface area contributed by atoms with E-state index in [0.717, 1.165) is 22.3 Å². The summed E-state index contributed by atoms with van der Waals surface area (Å²) in [5.41, 5.74) is 5.29. The van der Waals surface area contributed by atoms with Gasteiger partial charge in [0.05, 0.1) is 6.54 Å². The van der Waals surface area contributed by atoms with E-state index in [9.17, 15) is 0 Å². The molecule has 0 amide bonds. The van der Waals surface area contributed by atoms with E-state index in [1.807, 2.05) is 47.7 Å². The van der Waals surface area contributed by atoms with Crippen LogP contribution in [0.5, 0.6) is 0 Å².